The fraction of sp³-hybridized carbons (Fsp3) is 0.174. The number of nitrogens with zero attached hydrogens (tertiary/aromatic N) is 1. The fourth-order valence-corrected chi connectivity index (χ4v) is 4.41. The van der Waals surface area contributed by atoms with Gasteiger partial charge in [-0.25, -0.2) is 17.2 Å². The van der Waals surface area contributed by atoms with E-state index >= 15 is 0 Å². The van der Waals surface area contributed by atoms with Gasteiger partial charge in [-0.15, -0.1) is 0 Å². The molecule has 0 N–H and O–H groups in total. The van der Waals surface area contributed by atoms with E-state index in [4.69, 9.17) is 0 Å². The lowest BCUT2D eigenvalue weighted by Crippen LogP contribution is -2.23. The largest absolute Gasteiger partial charge is 0.501 e. The second-order valence-electron chi connectivity index (χ2n) is 7.32. The predicted octanol–water partition coefficient (Wildman–Crippen LogP) is 6.25. The zero-order chi connectivity index (χ0) is 23.1. The van der Waals surface area contributed by atoms with Crippen molar-refractivity contribution in [2.45, 2.75) is 29.3 Å². The van der Waals surface area contributed by atoms with Crippen molar-refractivity contribution >= 4 is 15.5 Å². The molecule has 0 radical (unpaired) electrons. The molecule has 1 aliphatic rings. The highest BCUT2D eigenvalue weighted by Gasteiger charge is 2.46. The van der Waals surface area contributed by atoms with Crippen molar-refractivity contribution in [1.29, 1.82) is 0 Å². The van der Waals surface area contributed by atoms with Crippen LogP contribution in [0.5, 0.6) is 0 Å². The molecule has 3 aromatic rings. The number of benzene rings is 3. The summed E-state index contributed by atoms with van der Waals surface area (Å²) in [7, 11) is -5.40. The molecule has 0 bridgehead atoms. The molecular formula is C23H16F5NO2S. The van der Waals surface area contributed by atoms with Gasteiger partial charge in [0.05, 0.1) is 16.5 Å². The molecule has 3 aromatic carbocycles. The van der Waals surface area contributed by atoms with Gasteiger partial charge in [0, 0.05) is 5.71 Å². The van der Waals surface area contributed by atoms with Gasteiger partial charge in [-0.3, -0.25) is 4.99 Å². The smallest absolute Gasteiger partial charge is 0.281 e. The monoisotopic (exact) mass is 465 g/mol. The van der Waals surface area contributed by atoms with Gasteiger partial charge >= 0.3 is 5.51 Å². The van der Waals surface area contributed by atoms with E-state index < -0.39 is 31.9 Å². The Morgan fingerprint density at radius 3 is 1.88 bits per heavy atom. The van der Waals surface area contributed by atoms with E-state index in [0.29, 0.717) is 29.7 Å². The first-order valence-corrected chi connectivity index (χ1v) is 11.1. The van der Waals surface area contributed by atoms with Crippen LogP contribution in [0.2, 0.25) is 0 Å². The van der Waals surface area contributed by atoms with Crippen LogP contribution in [-0.4, -0.2) is 19.6 Å². The summed E-state index contributed by atoms with van der Waals surface area (Å²) in [5, 5.41) is 0. The molecule has 0 unspecified atom stereocenters. The van der Waals surface area contributed by atoms with Crippen molar-refractivity contribution in [1.82, 2.24) is 0 Å². The molecule has 0 spiro atoms. The Bertz CT molecular complexity index is 1260. The molecular weight excluding hydrogens is 449 g/mol. The Balaban J connectivity index is 1.55. The summed E-state index contributed by atoms with van der Waals surface area (Å²) in [6.45, 7) is 0. The van der Waals surface area contributed by atoms with Crippen LogP contribution in [0, 0.1) is 11.6 Å². The van der Waals surface area contributed by atoms with Gasteiger partial charge in [-0.2, -0.15) is 13.2 Å². The zero-order valence-electron chi connectivity index (χ0n) is 16.4. The third-order valence-corrected chi connectivity index (χ3v) is 6.82. The maximum atomic E-state index is 14.0. The van der Waals surface area contributed by atoms with E-state index in [-0.39, 0.29) is 11.6 Å². The average Bonchev–Trinajstić information content (AvgIpc) is 3.23. The average molecular weight is 465 g/mol. The Morgan fingerprint density at radius 2 is 1.34 bits per heavy atom. The molecule has 0 aliphatic carbocycles. The highest BCUT2D eigenvalue weighted by molar-refractivity contribution is 7.92. The number of halogens is 5. The fourth-order valence-electron chi connectivity index (χ4n) is 3.65. The molecule has 166 valence electrons. The summed E-state index contributed by atoms with van der Waals surface area (Å²) in [5.74, 6) is -1.31. The first kappa shape index (κ1) is 22.1. The van der Waals surface area contributed by atoms with Crippen LogP contribution in [0.1, 0.15) is 30.0 Å². The Hall–Kier alpha value is -3.07. The van der Waals surface area contributed by atoms with E-state index in [1.807, 2.05) is 0 Å². The molecule has 32 heavy (non-hydrogen) atoms. The van der Waals surface area contributed by atoms with E-state index in [1.165, 1.54) is 30.3 Å². The number of sulfone groups is 1. The van der Waals surface area contributed by atoms with Gasteiger partial charge in [0.15, 0.2) is 0 Å². The number of alkyl halides is 3. The van der Waals surface area contributed by atoms with Gasteiger partial charge in [0.2, 0.25) is 0 Å². The molecule has 1 atom stereocenters. The Kier molecular flexibility index (Phi) is 5.62. The van der Waals surface area contributed by atoms with E-state index in [2.05, 4.69) is 4.99 Å². The Labute approximate surface area is 181 Å². The molecule has 0 saturated carbocycles. The second kappa shape index (κ2) is 8.12. The quantitative estimate of drug-likeness (QED) is 0.428. The van der Waals surface area contributed by atoms with Crippen LogP contribution < -0.4 is 0 Å². The van der Waals surface area contributed by atoms with Crippen LogP contribution in [-0.2, 0) is 9.84 Å². The minimum Gasteiger partial charge on any atom is -0.281 e. The first-order chi connectivity index (χ1) is 15.1. The minimum atomic E-state index is -5.40. The highest BCUT2D eigenvalue weighted by atomic mass is 32.2. The number of hydrogen-bond acceptors (Lipinski definition) is 3. The maximum absolute atomic E-state index is 14.0. The van der Waals surface area contributed by atoms with Gasteiger partial charge < -0.3 is 0 Å². The van der Waals surface area contributed by atoms with E-state index in [0.717, 1.165) is 17.7 Å². The molecule has 0 amide bonds. The standard InChI is InChI=1S/C23H16F5NO2S/c24-18-2-1-3-19(25)22(18)21-13-12-20(29-21)16-6-4-14(5-7-16)15-8-10-17(11-9-15)32(30,31)23(26,27)28/h1-11,20H,12-13H2/t20-/m1/s1. The van der Waals surface area contributed by atoms with Crippen LogP contribution in [0.15, 0.2) is 76.6 Å². The molecule has 0 aromatic heterocycles. The molecule has 4 rings (SSSR count). The van der Waals surface area contributed by atoms with Gasteiger partial charge in [-0.05, 0) is 53.8 Å². The number of aliphatic imine (C=N–C) groups is 1. The molecule has 0 saturated heterocycles. The first-order valence-electron chi connectivity index (χ1n) is 9.61. The van der Waals surface area contributed by atoms with Crippen molar-refractivity contribution in [2.24, 2.45) is 4.99 Å². The third-order valence-electron chi connectivity index (χ3n) is 5.32. The summed E-state index contributed by atoms with van der Waals surface area (Å²) in [5.41, 5.74) is -3.05. The molecule has 0 fully saturated rings. The Morgan fingerprint density at radius 1 is 0.812 bits per heavy atom. The normalized spacial score (nSPS) is 16.8. The summed E-state index contributed by atoms with van der Waals surface area (Å²) in [6, 6.07) is 14.9. The van der Waals surface area contributed by atoms with Crippen molar-refractivity contribution < 1.29 is 30.4 Å². The van der Waals surface area contributed by atoms with Crippen molar-refractivity contribution in [3.63, 3.8) is 0 Å². The van der Waals surface area contributed by atoms with E-state index in [1.54, 1.807) is 24.3 Å². The molecule has 1 aliphatic heterocycles. The SMILES string of the molecule is O=S(=O)(c1ccc(-c2ccc([C@H]3CCC(c4c(F)cccc4F)=N3)cc2)cc1)C(F)(F)F. The van der Waals surface area contributed by atoms with Gasteiger partial charge in [-0.1, -0.05) is 42.5 Å². The zero-order valence-corrected chi connectivity index (χ0v) is 17.2. The third kappa shape index (κ3) is 4.04. The lowest BCUT2D eigenvalue weighted by atomic mass is 9.99. The number of rotatable bonds is 4. The van der Waals surface area contributed by atoms with Crippen LogP contribution in [0.4, 0.5) is 22.0 Å². The van der Waals surface area contributed by atoms with Crippen LogP contribution in [0.25, 0.3) is 11.1 Å². The molecule has 3 nitrogen and oxygen atoms in total. The van der Waals surface area contributed by atoms with Crippen LogP contribution in [0.3, 0.4) is 0 Å². The topological polar surface area (TPSA) is 46.5 Å². The summed E-state index contributed by atoms with van der Waals surface area (Å²) >= 11 is 0. The summed E-state index contributed by atoms with van der Waals surface area (Å²) in [6.07, 6.45) is 1.02. The summed E-state index contributed by atoms with van der Waals surface area (Å²) in [4.78, 5) is 3.66. The number of hydrogen-bond donors (Lipinski definition) is 0. The van der Waals surface area contributed by atoms with Gasteiger partial charge in [0.1, 0.15) is 11.6 Å². The molecule has 9 heteroatoms. The van der Waals surface area contributed by atoms with E-state index in [9.17, 15) is 30.4 Å². The summed E-state index contributed by atoms with van der Waals surface area (Å²) < 4.78 is 89.0. The lowest BCUT2D eigenvalue weighted by Gasteiger charge is -2.10. The van der Waals surface area contributed by atoms with Crippen molar-refractivity contribution in [3.05, 3.63) is 89.5 Å². The highest BCUT2D eigenvalue weighted by Crippen LogP contribution is 2.34. The minimum absolute atomic E-state index is 0.111. The van der Waals surface area contributed by atoms with Gasteiger partial charge in [0.25, 0.3) is 9.84 Å². The second-order valence-corrected chi connectivity index (χ2v) is 9.26. The predicted molar refractivity (Wildman–Crippen MR) is 110 cm³/mol. The molecule has 1 heterocycles. The maximum Gasteiger partial charge on any atom is 0.501 e. The lowest BCUT2D eigenvalue weighted by molar-refractivity contribution is -0.0436. The van der Waals surface area contributed by atoms with Crippen molar-refractivity contribution in [3.8, 4) is 11.1 Å². The van der Waals surface area contributed by atoms with Crippen LogP contribution >= 0.6 is 0 Å². The van der Waals surface area contributed by atoms with Crippen molar-refractivity contribution in [2.75, 3.05) is 0 Å².